The van der Waals surface area contributed by atoms with Gasteiger partial charge in [0.15, 0.2) is 0 Å². The first kappa shape index (κ1) is 12.4. The number of ether oxygens (including phenoxy) is 1. The van der Waals surface area contributed by atoms with E-state index in [-0.39, 0.29) is 0 Å². The van der Waals surface area contributed by atoms with Crippen molar-refractivity contribution in [1.82, 2.24) is 5.32 Å². The first-order valence-corrected chi connectivity index (χ1v) is 7.25. The van der Waals surface area contributed by atoms with Crippen molar-refractivity contribution < 1.29 is 4.74 Å². The van der Waals surface area contributed by atoms with E-state index in [0.717, 1.165) is 25.1 Å². The molecule has 2 aliphatic rings. The Balaban J connectivity index is 1.72. The van der Waals surface area contributed by atoms with Gasteiger partial charge in [-0.2, -0.15) is 0 Å². The fraction of sp³-hybridized carbons (Fsp3) is 1.00. The van der Waals surface area contributed by atoms with E-state index in [2.05, 4.69) is 12.2 Å². The maximum atomic E-state index is 5.72. The predicted octanol–water partition coefficient (Wildman–Crippen LogP) is 3.11. The van der Waals surface area contributed by atoms with Gasteiger partial charge in [0.1, 0.15) is 0 Å². The Morgan fingerprint density at radius 1 is 1.06 bits per heavy atom. The second-order valence-corrected chi connectivity index (χ2v) is 5.42. The zero-order valence-electron chi connectivity index (χ0n) is 10.7. The molecule has 16 heavy (non-hydrogen) atoms. The summed E-state index contributed by atoms with van der Waals surface area (Å²) >= 11 is 0. The van der Waals surface area contributed by atoms with Gasteiger partial charge in [0.05, 0.1) is 6.10 Å². The largest absolute Gasteiger partial charge is 0.378 e. The van der Waals surface area contributed by atoms with E-state index in [9.17, 15) is 0 Å². The van der Waals surface area contributed by atoms with Gasteiger partial charge in [-0.1, -0.05) is 19.8 Å². The molecule has 2 rings (SSSR count). The summed E-state index contributed by atoms with van der Waals surface area (Å²) < 4.78 is 5.72. The van der Waals surface area contributed by atoms with Crippen LogP contribution in [0.2, 0.25) is 0 Å². The monoisotopic (exact) mass is 225 g/mol. The lowest BCUT2D eigenvalue weighted by Crippen LogP contribution is -2.38. The number of hydrogen-bond donors (Lipinski definition) is 1. The third-order valence-electron chi connectivity index (χ3n) is 4.26. The minimum absolute atomic E-state index is 0.587. The molecule has 1 aliphatic carbocycles. The average molecular weight is 225 g/mol. The SMILES string of the molecule is CCNC1CCCCC1CCC1CCCO1. The van der Waals surface area contributed by atoms with Crippen molar-refractivity contribution in [2.45, 2.75) is 70.4 Å². The lowest BCUT2D eigenvalue weighted by atomic mass is 9.81. The van der Waals surface area contributed by atoms with Crippen molar-refractivity contribution in [3.63, 3.8) is 0 Å². The third kappa shape index (κ3) is 3.46. The summed E-state index contributed by atoms with van der Waals surface area (Å²) in [4.78, 5) is 0. The minimum Gasteiger partial charge on any atom is -0.378 e. The van der Waals surface area contributed by atoms with E-state index in [1.165, 1.54) is 51.4 Å². The van der Waals surface area contributed by atoms with Gasteiger partial charge >= 0.3 is 0 Å². The summed E-state index contributed by atoms with van der Waals surface area (Å²) in [5.41, 5.74) is 0. The fourth-order valence-electron chi connectivity index (χ4n) is 3.36. The van der Waals surface area contributed by atoms with Crippen LogP contribution in [0.15, 0.2) is 0 Å². The zero-order chi connectivity index (χ0) is 11.2. The van der Waals surface area contributed by atoms with Gasteiger partial charge in [-0.3, -0.25) is 0 Å². The first-order chi connectivity index (χ1) is 7.90. The van der Waals surface area contributed by atoms with E-state index in [1.54, 1.807) is 0 Å². The van der Waals surface area contributed by atoms with Gasteiger partial charge in [-0.05, 0) is 51.0 Å². The van der Waals surface area contributed by atoms with Crippen LogP contribution in [0.1, 0.15) is 58.3 Å². The highest BCUT2D eigenvalue weighted by Gasteiger charge is 2.25. The molecule has 2 fully saturated rings. The van der Waals surface area contributed by atoms with E-state index >= 15 is 0 Å². The van der Waals surface area contributed by atoms with Gasteiger partial charge in [0, 0.05) is 12.6 Å². The summed E-state index contributed by atoms with van der Waals surface area (Å²) in [5, 5.41) is 3.67. The molecule has 1 aliphatic heterocycles. The lowest BCUT2D eigenvalue weighted by Gasteiger charge is -2.32. The van der Waals surface area contributed by atoms with Crippen LogP contribution in [0.3, 0.4) is 0 Å². The second-order valence-electron chi connectivity index (χ2n) is 5.42. The predicted molar refractivity (Wildman–Crippen MR) is 67.6 cm³/mol. The van der Waals surface area contributed by atoms with Crippen LogP contribution in [-0.4, -0.2) is 25.3 Å². The molecule has 0 bridgehead atoms. The van der Waals surface area contributed by atoms with Crippen molar-refractivity contribution in [3.8, 4) is 0 Å². The van der Waals surface area contributed by atoms with Crippen LogP contribution in [0.25, 0.3) is 0 Å². The lowest BCUT2D eigenvalue weighted by molar-refractivity contribution is 0.0927. The Hall–Kier alpha value is -0.0800. The molecule has 1 saturated heterocycles. The van der Waals surface area contributed by atoms with Crippen LogP contribution in [0.4, 0.5) is 0 Å². The molecule has 1 saturated carbocycles. The van der Waals surface area contributed by atoms with E-state index in [0.29, 0.717) is 6.10 Å². The molecule has 2 nitrogen and oxygen atoms in total. The number of rotatable bonds is 5. The van der Waals surface area contributed by atoms with Gasteiger partial charge in [-0.25, -0.2) is 0 Å². The summed E-state index contributed by atoms with van der Waals surface area (Å²) in [6.07, 6.45) is 11.5. The van der Waals surface area contributed by atoms with E-state index in [4.69, 9.17) is 4.74 Å². The number of hydrogen-bond acceptors (Lipinski definition) is 2. The molecule has 3 atom stereocenters. The van der Waals surface area contributed by atoms with Crippen molar-refractivity contribution >= 4 is 0 Å². The highest BCUT2D eigenvalue weighted by molar-refractivity contribution is 4.81. The molecule has 0 aromatic rings. The Kier molecular flexibility index (Phi) is 5.11. The van der Waals surface area contributed by atoms with Gasteiger partial charge in [-0.15, -0.1) is 0 Å². The Morgan fingerprint density at radius 2 is 1.94 bits per heavy atom. The molecular weight excluding hydrogens is 198 g/mol. The van der Waals surface area contributed by atoms with Gasteiger partial charge in [0.2, 0.25) is 0 Å². The molecule has 1 heterocycles. The summed E-state index contributed by atoms with van der Waals surface area (Å²) in [7, 11) is 0. The molecule has 0 radical (unpaired) electrons. The molecular formula is C14H27NO. The standard InChI is InChI=1S/C14H27NO/c1-2-15-14-8-4-3-6-12(14)9-10-13-7-5-11-16-13/h12-15H,2-11H2,1H3. The average Bonchev–Trinajstić information content (AvgIpc) is 2.81. The topological polar surface area (TPSA) is 21.3 Å². The summed E-state index contributed by atoms with van der Waals surface area (Å²) in [5.74, 6) is 0.915. The van der Waals surface area contributed by atoms with Crippen molar-refractivity contribution in [1.29, 1.82) is 0 Å². The van der Waals surface area contributed by atoms with Crippen LogP contribution in [0.5, 0.6) is 0 Å². The normalized spacial score (nSPS) is 35.4. The maximum absolute atomic E-state index is 5.72. The van der Waals surface area contributed by atoms with Crippen LogP contribution in [-0.2, 0) is 4.74 Å². The smallest absolute Gasteiger partial charge is 0.0576 e. The van der Waals surface area contributed by atoms with Crippen LogP contribution >= 0.6 is 0 Å². The van der Waals surface area contributed by atoms with Crippen molar-refractivity contribution in [3.05, 3.63) is 0 Å². The minimum atomic E-state index is 0.587. The fourth-order valence-corrected chi connectivity index (χ4v) is 3.36. The maximum Gasteiger partial charge on any atom is 0.0576 e. The van der Waals surface area contributed by atoms with E-state index < -0.39 is 0 Å². The van der Waals surface area contributed by atoms with Crippen molar-refractivity contribution in [2.24, 2.45) is 5.92 Å². The molecule has 2 heteroatoms. The molecule has 0 spiro atoms. The number of nitrogens with one attached hydrogen (secondary N) is 1. The Labute approximate surface area is 100 Å². The van der Waals surface area contributed by atoms with Crippen LogP contribution in [0, 0.1) is 5.92 Å². The first-order valence-electron chi connectivity index (χ1n) is 7.25. The molecule has 0 amide bonds. The van der Waals surface area contributed by atoms with E-state index in [1.807, 2.05) is 0 Å². The van der Waals surface area contributed by atoms with Gasteiger partial charge < -0.3 is 10.1 Å². The molecule has 0 aromatic heterocycles. The van der Waals surface area contributed by atoms with Crippen molar-refractivity contribution in [2.75, 3.05) is 13.2 Å². The molecule has 0 aromatic carbocycles. The van der Waals surface area contributed by atoms with Crippen LogP contribution < -0.4 is 5.32 Å². The molecule has 94 valence electrons. The third-order valence-corrected chi connectivity index (χ3v) is 4.26. The zero-order valence-corrected chi connectivity index (χ0v) is 10.7. The highest BCUT2D eigenvalue weighted by Crippen LogP contribution is 2.30. The molecule has 1 N–H and O–H groups in total. The Bertz CT molecular complexity index is 187. The molecule has 3 unspecified atom stereocenters. The quantitative estimate of drug-likeness (QED) is 0.776. The highest BCUT2D eigenvalue weighted by atomic mass is 16.5. The Morgan fingerprint density at radius 3 is 2.69 bits per heavy atom. The summed E-state index contributed by atoms with van der Waals surface area (Å²) in [6.45, 7) is 4.36. The summed E-state index contributed by atoms with van der Waals surface area (Å²) in [6, 6.07) is 0.792. The van der Waals surface area contributed by atoms with Gasteiger partial charge in [0.25, 0.3) is 0 Å². The second kappa shape index (κ2) is 6.61.